The molecule has 5 rings (SSSR count). The summed E-state index contributed by atoms with van der Waals surface area (Å²) in [5, 5.41) is 0.606. The molecule has 2 aromatic carbocycles. The molecule has 43 heavy (non-hydrogen) atoms. The van der Waals surface area contributed by atoms with E-state index in [2.05, 4.69) is 19.8 Å². The molecule has 3 aromatic rings. The molecule has 0 saturated carbocycles. The van der Waals surface area contributed by atoms with Crippen LogP contribution >= 0.6 is 11.8 Å². The number of halogens is 6. The molecular weight excluding hydrogens is 598 g/mol. The summed E-state index contributed by atoms with van der Waals surface area (Å²) in [6.45, 7) is 2.23. The lowest BCUT2D eigenvalue weighted by atomic mass is 10.0. The number of piperazine rings is 1. The first kappa shape index (κ1) is 30.3. The minimum atomic E-state index is -5.01. The first-order valence-electron chi connectivity index (χ1n) is 12.9. The van der Waals surface area contributed by atoms with Gasteiger partial charge in [-0.1, -0.05) is 12.1 Å². The van der Waals surface area contributed by atoms with Crippen molar-refractivity contribution < 1.29 is 40.6 Å². The number of amidine groups is 1. The number of rotatable bonds is 6. The summed E-state index contributed by atoms with van der Waals surface area (Å²) in [5.74, 6) is -0.149. The molecule has 1 aromatic heterocycles. The van der Waals surface area contributed by atoms with E-state index in [1.165, 1.54) is 24.9 Å². The lowest BCUT2D eigenvalue weighted by Crippen LogP contribution is -2.47. The van der Waals surface area contributed by atoms with Crippen LogP contribution in [0.5, 0.6) is 11.5 Å². The molecule has 7 nitrogen and oxygen atoms in total. The Kier molecular flexibility index (Phi) is 8.58. The van der Waals surface area contributed by atoms with E-state index in [0.29, 0.717) is 34.8 Å². The van der Waals surface area contributed by atoms with E-state index in [-0.39, 0.29) is 17.6 Å². The quantitative estimate of drug-likeness (QED) is 0.230. The lowest BCUT2D eigenvalue weighted by molar-refractivity contribution is -0.143. The van der Waals surface area contributed by atoms with Crippen molar-refractivity contribution in [3.8, 4) is 11.5 Å². The van der Waals surface area contributed by atoms with Gasteiger partial charge in [0.1, 0.15) is 6.61 Å². The summed E-state index contributed by atoms with van der Waals surface area (Å²) in [7, 11) is 1.33. The number of carbonyl (C=O) groups is 1. The van der Waals surface area contributed by atoms with Crippen LogP contribution in [0, 0.1) is 0 Å². The van der Waals surface area contributed by atoms with Gasteiger partial charge in [-0.2, -0.15) is 31.3 Å². The van der Waals surface area contributed by atoms with Gasteiger partial charge in [0.15, 0.2) is 16.7 Å². The zero-order valence-corrected chi connectivity index (χ0v) is 23.4. The minimum absolute atomic E-state index is 0.0682. The van der Waals surface area contributed by atoms with Gasteiger partial charge in [0, 0.05) is 49.8 Å². The third-order valence-electron chi connectivity index (χ3n) is 6.80. The maximum Gasteiger partial charge on any atom is 0.416 e. The first-order chi connectivity index (χ1) is 20.4. The predicted octanol–water partition coefficient (Wildman–Crippen LogP) is 6.50. The number of amides is 1. The van der Waals surface area contributed by atoms with E-state index in [1.807, 2.05) is 12.1 Å². The van der Waals surface area contributed by atoms with Gasteiger partial charge < -0.3 is 19.3 Å². The topological polar surface area (TPSA) is 67.3 Å². The van der Waals surface area contributed by atoms with Crippen molar-refractivity contribution in [2.45, 2.75) is 19.0 Å². The molecule has 2 aliphatic rings. The molecule has 0 bridgehead atoms. The average Bonchev–Trinajstić information content (AvgIpc) is 3.35. The number of ether oxygens (including phenoxy) is 2. The second-order valence-electron chi connectivity index (χ2n) is 9.56. The van der Waals surface area contributed by atoms with E-state index in [4.69, 9.17) is 9.47 Å². The molecule has 3 heterocycles. The highest BCUT2D eigenvalue weighted by atomic mass is 32.2. The molecule has 0 atom stereocenters. The van der Waals surface area contributed by atoms with Crippen LogP contribution in [0.15, 0.2) is 70.8 Å². The van der Waals surface area contributed by atoms with Crippen LogP contribution in [-0.4, -0.2) is 54.2 Å². The second-order valence-corrected chi connectivity index (χ2v) is 10.6. The number of pyridine rings is 1. The third kappa shape index (κ3) is 7.07. The number of hydrogen-bond donors (Lipinski definition) is 0. The van der Waals surface area contributed by atoms with Gasteiger partial charge >= 0.3 is 12.4 Å². The van der Waals surface area contributed by atoms with Crippen molar-refractivity contribution in [3.63, 3.8) is 0 Å². The molecule has 226 valence electrons. The Bertz CT molecular complexity index is 1550. The summed E-state index contributed by atoms with van der Waals surface area (Å²) in [6, 6.07) is 9.86. The first-order valence-corrected chi connectivity index (χ1v) is 13.7. The number of carbonyl (C=O) groups excluding carboxylic acids is 1. The fourth-order valence-electron chi connectivity index (χ4n) is 4.59. The molecule has 0 radical (unpaired) electrons. The maximum atomic E-state index is 13.5. The Morgan fingerprint density at radius 3 is 2.23 bits per heavy atom. The number of aromatic nitrogens is 1. The van der Waals surface area contributed by atoms with Crippen molar-refractivity contribution in [1.82, 2.24) is 9.88 Å². The Morgan fingerprint density at radius 1 is 0.884 bits per heavy atom. The Balaban J connectivity index is 1.25. The molecule has 0 N–H and O–H groups in total. The van der Waals surface area contributed by atoms with Crippen molar-refractivity contribution >= 4 is 34.6 Å². The number of methoxy groups -OCH3 is 1. The maximum absolute atomic E-state index is 13.5. The lowest BCUT2D eigenvalue weighted by Gasteiger charge is -2.36. The van der Waals surface area contributed by atoms with Gasteiger partial charge in [-0.15, -0.1) is 0 Å². The molecular formula is C29H24F6N4O3S. The Labute approximate surface area is 246 Å². The zero-order valence-electron chi connectivity index (χ0n) is 22.6. The van der Waals surface area contributed by atoms with Gasteiger partial charge in [0.2, 0.25) is 0 Å². The molecule has 0 aliphatic carbocycles. The summed E-state index contributed by atoms with van der Waals surface area (Å²) in [5.41, 5.74) is -1.67. The highest BCUT2D eigenvalue weighted by Gasteiger charge is 2.38. The monoisotopic (exact) mass is 622 g/mol. The number of hydrogen-bond acceptors (Lipinski definition) is 7. The minimum Gasteiger partial charge on any atom is -0.493 e. The predicted molar refractivity (Wildman–Crippen MR) is 150 cm³/mol. The zero-order chi connectivity index (χ0) is 30.8. The van der Waals surface area contributed by atoms with Gasteiger partial charge in [-0.05, 0) is 59.8 Å². The molecule has 14 heteroatoms. The number of anilines is 1. The smallest absolute Gasteiger partial charge is 0.416 e. The molecule has 2 aliphatic heterocycles. The second kappa shape index (κ2) is 12.2. The van der Waals surface area contributed by atoms with Crippen molar-refractivity contribution in [2.75, 3.05) is 38.2 Å². The largest absolute Gasteiger partial charge is 0.493 e. The van der Waals surface area contributed by atoms with Gasteiger partial charge in [0.25, 0.3) is 5.91 Å². The fraction of sp³-hybridized carbons (Fsp3) is 0.276. The summed E-state index contributed by atoms with van der Waals surface area (Å²) >= 11 is 1.25. The van der Waals surface area contributed by atoms with Crippen LogP contribution in [0.3, 0.4) is 0 Å². The normalized spacial score (nSPS) is 17.0. The number of nitrogens with zero attached hydrogens (tertiary/aromatic N) is 4. The molecule has 1 fully saturated rings. The van der Waals surface area contributed by atoms with Crippen LogP contribution < -0.4 is 14.4 Å². The number of aliphatic imine (C=N–C) groups is 1. The van der Waals surface area contributed by atoms with Crippen molar-refractivity contribution in [3.05, 3.63) is 88.1 Å². The van der Waals surface area contributed by atoms with E-state index < -0.39 is 41.6 Å². The fourth-order valence-corrected chi connectivity index (χ4v) is 5.55. The molecule has 1 saturated heterocycles. The summed E-state index contributed by atoms with van der Waals surface area (Å²) in [4.78, 5) is 25.6. The molecule has 0 unspecified atom stereocenters. The van der Waals surface area contributed by atoms with Crippen molar-refractivity contribution in [2.24, 2.45) is 4.99 Å². The molecule has 1 amide bonds. The van der Waals surface area contributed by atoms with Gasteiger partial charge in [-0.25, -0.2) is 0 Å². The Morgan fingerprint density at radius 2 is 1.58 bits per heavy atom. The van der Waals surface area contributed by atoms with Gasteiger partial charge in [-0.3, -0.25) is 9.78 Å². The number of alkyl halides is 6. The number of thioether (sulfide) groups is 1. The van der Waals surface area contributed by atoms with E-state index in [1.54, 1.807) is 30.6 Å². The number of benzene rings is 2. The standard InChI is InChI=1S/C29H24F6N4O3S/c1-41-24-14-18(2-5-23(24)42-17-19-3-4-20(28(30,31)32)16-22(19)29(33,34)35)15-25-26(40)37-27(43-25)39-12-10-38(11-13-39)21-6-8-36-9-7-21/h2-9,14-16H,10-13,17H2,1H3/b25-15-. The highest BCUT2D eigenvalue weighted by Crippen LogP contribution is 2.39. The van der Waals surface area contributed by atoms with Crippen LogP contribution in [0.4, 0.5) is 32.0 Å². The summed E-state index contributed by atoms with van der Waals surface area (Å²) < 4.78 is 90.3. The van der Waals surface area contributed by atoms with Crippen LogP contribution in [0.25, 0.3) is 6.08 Å². The van der Waals surface area contributed by atoms with E-state index in [9.17, 15) is 31.1 Å². The van der Waals surface area contributed by atoms with Crippen LogP contribution in [0.1, 0.15) is 22.3 Å². The van der Waals surface area contributed by atoms with Crippen molar-refractivity contribution in [1.29, 1.82) is 0 Å². The van der Waals surface area contributed by atoms with Gasteiger partial charge in [0.05, 0.1) is 23.1 Å². The van der Waals surface area contributed by atoms with Crippen LogP contribution in [0.2, 0.25) is 0 Å². The molecule has 0 spiro atoms. The average molecular weight is 623 g/mol. The Hall–Kier alpha value is -4.20. The SMILES string of the molecule is COc1cc(/C=C2\SC(N3CCN(c4ccncc4)CC3)=NC2=O)ccc1OCc1ccc(C(F)(F)F)cc1C(F)(F)F. The summed E-state index contributed by atoms with van der Waals surface area (Å²) in [6.07, 6.45) is -4.83. The van der Waals surface area contributed by atoms with E-state index in [0.717, 1.165) is 24.8 Å². The highest BCUT2D eigenvalue weighted by molar-refractivity contribution is 8.18. The van der Waals surface area contributed by atoms with Crippen LogP contribution in [-0.2, 0) is 23.8 Å². The van der Waals surface area contributed by atoms with E-state index >= 15 is 0 Å². The third-order valence-corrected chi connectivity index (χ3v) is 7.84.